The normalized spacial score (nSPS) is 10.8. The van der Waals surface area contributed by atoms with Gasteiger partial charge in [0.25, 0.3) is 5.69 Å². The second kappa shape index (κ2) is 7.79. The number of non-ortho nitro benzene ring substituents is 1. The summed E-state index contributed by atoms with van der Waals surface area (Å²) in [5, 5.41) is 20.1. The summed E-state index contributed by atoms with van der Waals surface area (Å²) in [6.07, 6.45) is 1.70. The molecule has 7 heteroatoms. The number of allylic oxidation sites excluding steroid dienone is 1. The van der Waals surface area contributed by atoms with Crippen molar-refractivity contribution in [3.63, 3.8) is 0 Å². The fourth-order valence-electron chi connectivity index (χ4n) is 2.13. The van der Waals surface area contributed by atoms with Crippen molar-refractivity contribution >= 4 is 39.9 Å². The predicted octanol–water partition coefficient (Wildman–Crippen LogP) is 4.28. The van der Waals surface area contributed by atoms with Crippen LogP contribution < -0.4 is 9.47 Å². The number of ether oxygens (including phenoxy) is 2. The van der Waals surface area contributed by atoms with Gasteiger partial charge in [0, 0.05) is 12.1 Å². The number of nitrogens with zero attached hydrogens (tertiary/aromatic N) is 2. The quantitative estimate of drug-likeness (QED) is 0.230. The zero-order valence-electron chi connectivity index (χ0n) is 12.9. The second-order valence-electron chi connectivity index (χ2n) is 4.71. The molecule has 0 aliphatic heterocycles. The fourth-order valence-corrected chi connectivity index (χ4v) is 2.98. The van der Waals surface area contributed by atoms with Crippen molar-refractivity contribution in [2.45, 2.75) is 0 Å². The number of halogens is 1. The second-order valence-corrected chi connectivity index (χ2v) is 5.87. The molecule has 0 spiro atoms. The highest BCUT2D eigenvalue weighted by Crippen LogP contribution is 2.34. The van der Waals surface area contributed by atoms with Crippen LogP contribution in [-0.4, -0.2) is 19.1 Å². The molecule has 2 aromatic carbocycles. The lowest BCUT2D eigenvalue weighted by Gasteiger charge is -2.10. The molecular formula is C17H13IN2O4. The third-order valence-electron chi connectivity index (χ3n) is 3.28. The van der Waals surface area contributed by atoms with E-state index >= 15 is 0 Å². The SMILES string of the molecule is COc1cc(/C=C(/C#N)c2ccc([N+](=O)[O-])cc2)cc(I)c1OC. The standard InChI is InChI=1S/C17H13IN2O4/c1-23-16-9-11(8-15(18)17(16)24-2)7-13(10-19)12-3-5-14(6-4-12)20(21)22/h3-9H,1-2H3/b13-7-. The van der Waals surface area contributed by atoms with Crippen molar-refractivity contribution in [1.82, 2.24) is 0 Å². The molecule has 0 aromatic heterocycles. The van der Waals surface area contributed by atoms with E-state index < -0.39 is 4.92 Å². The first-order valence-corrected chi connectivity index (χ1v) is 7.86. The van der Waals surface area contributed by atoms with Crippen LogP contribution in [0.3, 0.4) is 0 Å². The highest BCUT2D eigenvalue weighted by Gasteiger charge is 2.11. The Kier molecular flexibility index (Phi) is 5.76. The van der Waals surface area contributed by atoms with Crippen LogP contribution in [0.4, 0.5) is 5.69 Å². The first kappa shape index (κ1) is 17.7. The molecule has 6 nitrogen and oxygen atoms in total. The highest BCUT2D eigenvalue weighted by atomic mass is 127. The molecular weight excluding hydrogens is 423 g/mol. The number of hydrogen-bond acceptors (Lipinski definition) is 5. The Balaban J connectivity index is 2.46. The molecule has 0 saturated heterocycles. The van der Waals surface area contributed by atoms with Crippen LogP contribution in [0, 0.1) is 25.0 Å². The zero-order valence-corrected chi connectivity index (χ0v) is 15.1. The van der Waals surface area contributed by atoms with Crippen LogP contribution in [-0.2, 0) is 0 Å². The summed E-state index contributed by atoms with van der Waals surface area (Å²) in [7, 11) is 3.11. The molecule has 0 bridgehead atoms. The van der Waals surface area contributed by atoms with Crippen molar-refractivity contribution < 1.29 is 14.4 Å². The Hall–Kier alpha value is -2.60. The van der Waals surface area contributed by atoms with Crippen molar-refractivity contribution in [3.8, 4) is 17.6 Å². The molecule has 0 saturated carbocycles. The third kappa shape index (κ3) is 3.83. The van der Waals surface area contributed by atoms with Gasteiger partial charge in [0.1, 0.15) is 0 Å². The molecule has 122 valence electrons. The van der Waals surface area contributed by atoms with Crippen LogP contribution in [0.1, 0.15) is 11.1 Å². The molecule has 0 aliphatic rings. The van der Waals surface area contributed by atoms with Gasteiger partial charge in [0.05, 0.1) is 34.4 Å². The van der Waals surface area contributed by atoms with Gasteiger partial charge in [-0.05, 0) is 64.1 Å². The molecule has 0 unspecified atom stereocenters. The summed E-state index contributed by atoms with van der Waals surface area (Å²) in [5.74, 6) is 1.20. The molecule has 2 rings (SSSR count). The first-order valence-electron chi connectivity index (χ1n) is 6.78. The van der Waals surface area contributed by atoms with Gasteiger partial charge in [-0.3, -0.25) is 10.1 Å². The molecule has 2 aromatic rings. The van der Waals surface area contributed by atoms with E-state index in [9.17, 15) is 15.4 Å². The number of nitro groups is 1. The van der Waals surface area contributed by atoms with E-state index in [1.54, 1.807) is 38.5 Å². The molecule has 0 radical (unpaired) electrons. The monoisotopic (exact) mass is 436 g/mol. The van der Waals surface area contributed by atoms with Crippen LogP contribution in [0.25, 0.3) is 11.6 Å². The molecule has 0 atom stereocenters. The van der Waals surface area contributed by atoms with Gasteiger partial charge >= 0.3 is 0 Å². The minimum Gasteiger partial charge on any atom is -0.493 e. The Bertz CT molecular complexity index is 839. The summed E-state index contributed by atoms with van der Waals surface area (Å²) >= 11 is 2.13. The van der Waals surface area contributed by atoms with E-state index in [-0.39, 0.29) is 5.69 Å². The minimum absolute atomic E-state index is 0.0169. The van der Waals surface area contributed by atoms with E-state index in [0.29, 0.717) is 22.6 Å². The van der Waals surface area contributed by atoms with Gasteiger partial charge < -0.3 is 9.47 Å². The lowest BCUT2D eigenvalue weighted by atomic mass is 10.0. The first-order chi connectivity index (χ1) is 11.5. The smallest absolute Gasteiger partial charge is 0.269 e. The van der Waals surface area contributed by atoms with Crippen LogP contribution in [0.5, 0.6) is 11.5 Å². The predicted molar refractivity (Wildman–Crippen MR) is 98.8 cm³/mol. The molecule has 24 heavy (non-hydrogen) atoms. The topological polar surface area (TPSA) is 85.4 Å². The van der Waals surface area contributed by atoms with Crippen molar-refractivity contribution in [1.29, 1.82) is 5.26 Å². The Labute approximate surface area is 152 Å². The maximum absolute atomic E-state index is 10.7. The lowest BCUT2D eigenvalue weighted by molar-refractivity contribution is -0.384. The van der Waals surface area contributed by atoms with E-state index in [4.69, 9.17) is 9.47 Å². The van der Waals surface area contributed by atoms with Crippen LogP contribution in [0.15, 0.2) is 36.4 Å². The van der Waals surface area contributed by atoms with Crippen molar-refractivity contribution in [2.75, 3.05) is 14.2 Å². The van der Waals surface area contributed by atoms with Crippen molar-refractivity contribution in [3.05, 3.63) is 61.2 Å². The Morgan fingerprint density at radius 2 is 1.92 bits per heavy atom. The number of hydrogen-bond donors (Lipinski definition) is 0. The van der Waals surface area contributed by atoms with Gasteiger partial charge in [-0.1, -0.05) is 0 Å². The van der Waals surface area contributed by atoms with Crippen LogP contribution >= 0.6 is 22.6 Å². The summed E-state index contributed by atoms with van der Waals surface area (Å²) in [4.78, 5) is 10.2. The van der Waals surface area contributed by atoms with Gasteiger partial charge in [-0.25, -0.2) is 0 Å². The molecule has 0 heterocycles. The van der Waals surface area contributed by atoms with Gasteiger partial charge in [-0.2, -0.15) is 5.26 Å². The van der Waals surface area contributed by atoms with E-state index in [0.717, 1.165) is 9.13 Å². The van der Waals surface area contributed by atoms with Crippen molar-refractivity contribution in [2.24, 2.45) is 0 Å². The van der Waals surface area contributed by atoms with Gasteiger partial charge in [0.2, 0.25) is 0 Å². The van der Waals surface area contributed by atoms with Gasteiger partial charge in [-0.15, -0.1) is 0 Å². The Morgan fingerprint density at radius 1 is 1.25 bits per heavy atom. The maximum atomic E-state index is 10.7. The lowest BCUT2D eigenvalue weighted by Crippen LogP contribution is -1.94. The average molecular weight is 436 g/mol. The molecule has 0 amide bonds. The largest absolute Gasteiger partial charge is 0.493 e. The number of nitriles is 1. The highest BCUT2D eigenvalue weighted by molar-refractivity contribution is 14.1. The summed E-state index contributed by atoms with van der Waals surface area (Å²) in [5.41, 5.74) is 1.75. The summed E-state index contributed by atoms with van der Waals surface area (Å²) in [6.45, 7) is 0. The number of methoxy groups -OCH3 is 2. The summed E-state index contributed by atoms with van der Waals surface area (Å²) < 4.78 is 11.4. The number of rotatable bonds is 5. The fraction of sp³-hybridized carbons (Fsp3) is 0.118. The molecule has 0 N–H and O–H groups in total. The molecule has 0 aliphatic carbocycles. The number of nitro benzene ring substituents is 1. The average Bonchev–Trinajstić information content (AvgIpc) is 2.59. The van der Waals surface area contributed by atoms with E-state index in [1.807, 2.05) is 6.07 Å². The third-order valence-corrected chi connectivity index (χ3v) is 4.08. The Morgan fingerprint density at radius 3 is 2.42 bits per heavy atom. The number of benzene rings is 2. The maximum Gasteiger partial charge on any atom is 0.269 e. The summed E-state index contributed by atoms with van der Waals surface area (Å²) in [6, 6.07) is 11.6. The van der Waals surface area contributed by atoms with Crippen LogP contribution in [0.2, 0.25) is 0 Å². The van der Waals surface area contributed by atoms with Gasteiger partial charge in [0.15, 0.2) is 11.5 Å². The minimum atomic E-state index is -0.476. The van der Waals surface area contributed by atoms with E-state index in [2.05, 4.69) is 28.7 Å². The molecule has 0 fully saturated rings. The van der Waals surface area contributed by atoms with E-state index in [1.165, 1.54) is 12.1 Å². The zero-order chi connectivity index (χ0) is 17.7.